The van der Waals surface area contributed by atoms with Gasteiger partial charge in [0.2, 0.25) is 5.88 Å². The van der Waals surface area contributed by atoms with E-state index < -0.39 is 23.6 Å². The quantitative estimate of drug-likeness (QED) is 0.171. The number of carbonyl (C=O) groups excluding carboxylic acids is 1. The molecule has 0 aliphatic heterocycles. The SMILES string of the molecule is CCOC(=O)c1cc(C2=C(c3cc(Br)cnc3OC)CCC2)ccc1F.O=C(O)c1cc(C2=C(c3cc(Br)c[nH]c3=O)CCC2)ccc1F. The van der Waals surface area contributed by atoms with Crippen LogP contribution in [-0.4, -0.2) is 40.7 Å². The highest BCUT2D eigenvalue weighted by atomic mass is 79.9. The molecule has 2 aromatic heterocycles. The number of allylic oxidation sites excluding steroid dienone is 4. The number of carboxylic acid groups (broad SMARTS) is 1. The lowest BCUT2D eigenvalue weighted by atomic mass is 9.96. The predicted octanol–water partition coefficient (Wildman–Crippen LogP) is 9.33. The van der Waals surface area contributed by atoms with Crippen molar-refractivity contribution in [3.63, 3.8) is 0 Å². The molecule has 2 heterocycles. The molecule has 12 heteroatoms. The summed E-state index contributed by atoms with van der Waals surface area (Å²) < 4.78 is 39.6. The highest BCUT2D eigenvalue weighted by molar-refractivity contribution is 9.10. The fourth-order valence-corrected chi connectivity index (χ4v) is 6.84. The van der Waals surface area contributed by atoms with Crippen molar-refractivity contribution in [2.75, 3.05) is 13.7 Å². The number of nitrogens with zero attached hydrogens (tertiary/aromatic N) is 1. The van der Waals surface area contributed by atoms with Gasteiger partial charge < -0.3 is 19.6 Å². The summed E-state index contributed by atoms with van der Waals surface area (Å²) in [7, 11) is 1.59. The number of halogens is 4. The minimum Gasteiger partial charge on any atom is -0.481 e. The Morgan fingerprint density at radius 2 is 1.39 bits per heavy atom. The molecule has 0 unspecified atom stereocenters. The van der Waals surface area contributed by atoms with E-state index in [1.807, 2.05) is 6.07 Å². The summed E-state index contributed by atoms with van der Waals surface area (Å²) in [5.74, 6) is -2.73. The number of carboxylic acids is 1. The van der Waals surface area contributed by atoms with Gasteiger partial charge >= 0.3 is 11.9 Å². The molecular weight excluding hydrogens is 766 g/mol. The fraction of sp³-hybridized carbons (Fsp3) is 0.243. The van der Waals surface area contributed by atoms with Gasteiger partial charge in [-0.2, -0.15) is 0 Å². The average molecular weight is 798 g/mol. The van der Waals surface area contributed by atoms with Crippen LogP contribution in [0.1, 0.15) is 88.4 Å². The van der Waals surface area contributed by atoms with Crippen LogP contribution in [-0.2, 0) is 4.74 Å². The van der Waals surface area contributed by atoms with Crippen LogP contribution in [0.15, 0.2) is 74.7 Å². The largest absolute Gasteiger partial charge is 0.481 e. The van der Waals surface area contributed by atoms with Gasteiger partial charge in [0.25, 0.3) is 5.56 Å². The van der Waals surface area contributed by atoms with E-state index in [4.69, 9.17) is 14.6 Å². The van der Waals surface area contributed by atoms with E-state index in [1.165, 1.54) is 12.1 Å². The summed E-state index contributed by atoms with van der Waals surface area (Å²) in [5, 5.41) is 9.08. The first-order valence-electron chi connectivity index (χ1n) is 15.5. The summed E-state index contributed by atoms with van der Waals surface area (Å²) in [6.45, 7) is 1.90. The number of methoxy groups -OCH3 is 1. The molecule has 2 aromatic carbocycles. The Morgan fingerprint density at radius 1 is 0.837 bits per heavy atom. The number of esters is 1. The molecule has 254 valence electrons. The van der Waals surface area contributed by atoms with Gasteiger partial charge in [0.15, 0.2) is 0 Å². The van der Waals surface area contributed by atoms with Gasteiger partial charge in [0.05, 0.1) is 24.8 Å². The molecule has 0 amide bonds. The zero-order valence-electron chi connectivity index (χ0n) is 26.7. The third kappa shape index (κ3) is 8.08. The Balaban J connectivity index is 0.000000192. The van der Waals surface area contributed by atoms with E-state index in [9.17, 15) is 23.2 Å². The summed E-state index contributed by atoms with van der Waals surface area (Å²) in [4.78, 5) is 42.2. The first-order valence-corrected chi connectivity index (χ1v) is 17.1. The first kappa shape index (κ1) is 35.9. The minimum atomic E-state index is -1.30. The monoisotopic (exact) mass is 796 g/mol. The van der Waals surface area contributed by atoms with Crippen LogP contribution in [0.5, 0.6) is 5.88 Å². The molecule has 2 N–H and O–H groups in total. The third-order valence-electron chi connectivity index (χ3n) is 8.32. The van der Waals surface area contributed by atoms with Gasteiger partial charge in [-0.1, -0.05) is 12.1 Å². The summed E-state index contributed by atoms with van der Waals surface area (Å²) in [6, 6.07) is 12.4. The summed E-state index contributed by atoms with van der Waals surface area (Å²) in [5.41, 5.74) is 6.33. The van der Waals surface area contributed by atoms with Crippen molar-refractivity contribution in [3.05, 3.63) is 125 Å². The molecular formula is C37H32Br2F2N2O6. The second kappa shape index (κ2) is 15.9. The van der Waals surface area contributed by atoms with E-state index in [-0.39, 0.29) is 23.3 Å². The Kier molecular flexibility index (Phi) is 11.6. The minimum absolute atomic E-state index is 0.0394. The maximum Gasteiger partial charge on any atom is 0.341 e. The maximum absolute atomic E-state index is 14.1. The first-order chi connectivity index (χ1) is 23.5. The van der Waals surface area contributed by atoms with Crippen LogP contribution in [0, 0.1) is 11.6 Å². The Bertz CT molecular complexity index is 2060. The summed E-state index contributed by atoms with van der Waals surface area (Å²) >= 11 is 6.79. The van der Waals surface area contributed by atoms with Crippen LogP contribution in [0.4, 0.5) is 8.78 Å². The molecule has 0 bridgehead atoms. The number of pyridine rings is 2. The normalized spacial score (nSPS) is 14.1. The molecule has 2 aliphatic carbocycles. The van der Waals surface area contributed by atoms with Crippen molar-refractivity contribution in [3.8, 4) is 5.88 Å². The Hall–Kier alpha value is -4.42. The second-order valence-corrected chi connectivity index (χ2v) is 13.1. The number of rotatable bonds is 8. The molecule has 0 spiro atoms. The maximum atomic E-state index is 14.1. The van der Waals surface area contributed by atoms with Crippen LogP contribution in [0.3, 0.4) is 0 Å². The van der Waals surface area contributed by atoms with E-state index in [0.29, 0.717) is 17.0 Å². The van der Waals surface area contributed by atoms with Crippen molar-refractivity contribution in [1.29, 1.82) is 0 Å². The molecule has 2 aliphatic rings. The molecule has 0 radical (unpaired) electrons. The van der Waals surface area contributed by atoms with Crippen molar-refractivity contribution >= 4 is 66.1 Å². The lowest BCUT2D eigenvalue weighted by Gasteiger charge is -2.13. The highest BCUT2D eigenvalue weighted by Crippen LogP contribution is 2.43. The van der Waals surface area contributed by atoms with Crippen molar-refractivity contribution in [2.45, 2.75) is 45.4 Å². The van der Waals surface area contributed by atoms with Crippen LogP contribution >= 0.6 is 31.9 Å². The molecule has 8 nitrogen and oxygen atoms in total. The lowest BCUT2D eigenvalue weighted by Crippen LogP contribution is -2.11. The van der Waals surface area contributed by atoms with Gasteiger partial charge in [-0.3, -0.25) is 4.79 Å². The number of hydrogen-bond acceptors (Lipinski definition) is 6. The van der Waals surface area contributed by atoms with E-state index in [0.717, 1.165) is 87.0 Å². The van der Waals surface area contributed by atoms with Crippen molar-refractivity contribution in [2.24, 2.45) is 0 Å². The number of aromatic nitrogens is 2. The van der Waals surface area contributed by atoms with Crippen molar-refractivity contribution in [1.82, 2.24) is 9.97 Å². The number of benzene rings is 2. The van der Waals surface area contributed by atoms with Gasteiger partial charge in [0.1, 0.15) is 11.6 Å². The number of hydrogen-bond donors (Lipinski definition) is 2. The number of aromatic amines is 1. The zero-order chi connectivity index (χ0) is 35.2. The molecule has 0 saturated heterocycles. The topological polar surface area (TPSA) is 119 Å². The molecule has 0 fully saturated rings. The zero-order valence-corrected chi connectivity index (χ0v) is 29.8. The Labute approximate surface area is 298 Å². The number of carbonyl (C=O) groups is 2. The standard InChI is InChI=1S/C20H19BrFNO3.C17H13BrFNO3/c1-3-26-20(24)17-9-12(7-8-18(17)22)14-5-4-6-15(14)16-10-13(21)11-23-19(16)25-2;18-10-7-13(16(21)20-8-10)12-3-1-2-11(12)9-4-5-15(19)14(6-9)17(22)23/h7-11H,3-6H2,1-2H3;4-8H,1-3H2,(H,20,21)(H,22,23). The van der Waals surface area contributed by atoms with Crippen LogP contribution in [0.25, 0.3) is 22.3 Å². The predicted molar refractivity (Wildman–Crippen MR) is 190 cm³/mol. The van der Waals surface area contributed by atoms with Crippen LogP contribution < -0.4 is 10.3 Å². The molecule has 49 heavy (non-hydrogen) atoms. The smallest absolute Gasteiger partial charge is 0.341 e. The van der Waals surface area contributed by atoms with E-state index >= 15 is 0 Å². The molecule has 0 atom stereocenters. The summed E-state index contributed by atoms with van der Waals surface area (Å²) in [6.07, 6.45) is 8.29. The third-order valence-corrected chi connectivity index (χ3v) is 9.21. The van der Waals surface area contributed by atoms with E-state index in [2.05, 4.69) is 41.8 Å². The van der Waals surface area contributed by atoms with Gasteiger partial charge in [-0.15, -0.1) is 0 Å². The van der Waals surface area contributed by atoms with E-state index in [1.54, 1.807) is 50.7 Å². The van der Waals surface area contributed by atoms with Gasteiger partial charge in [-0.25, -0.2) is 23.4 Å². The number of nitrogens with one attached hydrogen (secondary N) is 1. The molecule has 0 saturated carbocycles. The highest BCUT2D eigenvalue weighted by Gasteiger charge is 2.24. The van der Waals surface area contributed by atoms with Gasteiger partial charge in [0, 0.05) is 32.5 Å². The molecule has 4 aromatic rings. The second-order valence-electron chi connectivity index (χ2n) is 11.3. The Morgan fingerprint density at radius 3 is 1.98 bits per heavy atom. The van der Waals surface area contributed by atoms with Gasteiger partial charge in [-0.05, 0) is 147 Å². The molecule has 6 rings (SSSR count). The number of H-pyrrole nitrogens is 1. The fourth-order valence-electron chi connectivity index (χ4n) is 6.16. The average Bonchev–Trinajstić information content (AvgIpc) is 3.77. The van der Waals surface area contributed by atoms with Crippen LogP contribution in [0.2, 0.25) is 0 Å². The number of aromatic carboxylic acids is 1. The lowest BCUT2D eigenvalue weighted by molar-refractivity contribution is 0.0520. The van der Waals surface area contributed by atoms with Crippen molar-refractivity contribution < 1.29 is 33.0 Å². The number of ether oxygens (including phenoxy) is 2.